The Balaban J connectivity index is 1.95. The van der Waals surface area contributed by atoms with Gasteiger partial charge in [-0.1, -0.05) is 18.7 Å². The Morgan fingerprint density at radius 3 is 2.71 bits per heavy atom. The van der Waals surface area contributed by atoms with Crippen molar-refractivity contribution in [1.29, 1.82) is 0 Å². The highest BCUT2D eigenvalue weighted by Gasteiger charge is 2.22. The zero-order valence-corrected chi connectivity index (χ0v) is 13.7. The van der Waals surface area contributed by atoms with Crippen LogP contribution in [-0.2, 0) is 0 Å². The van der Waals surface area contributed by atoms with Crippen molar-refractivity contribution in [3.05, 3.63) is 24.3 Å². The van der Waals surface area contributed by atoms with Crippen LogP contribution in [-0.4, -0.2) is 28.4 Å². The van der Waals surface area contributed by atoms with Gasteiger partial charge in [-0.2, -0.15) is 8.78 Å². The molecule has 116 valence electrons. The van der Waals surface area contributed by atoms with Crippen LogP contribution >= 0.6 is 24.0 Å². The molecule has 1 aromatic rings. The molecule has 1 aliphatic rings. The maximum atomic E-state index is 12.3. The fraction of sp³-hybridized carbons (Fsp3) is 0.533. The zero-order valence-electron chi connectivity index (χ0n) is 12.0. The van der Waals surface area contributed by atoms with Gasteiger partial charge >= 0.3 is 0 Å². The van der Waals surface area contributed by atoms with Crippen LogP contribution in [0.15, 0.2) is 29.2 Å². The third kappa shape index (κ3) is 4.81. The first-order chi connectivity index (χ1) is 10.1. The Bertz CT molecular complexity index is 465. The quantitative estimate of drug-likeness (QED) is 0.619. The highest BCUT2D eigenvalue weighted by molar-refractivity contribution is 7.99. The fourth-order valence-corrected chi connectivity index (χ4v) is 3.46. The van der Waals surface area contributed by atoms with Crippen molar-refractivity contribution in [1.82, 2.24) is 4.90 Å². The predicted molar refractivity (Wildman–Crippen MR) is 89.2 cm³/mol. The first kappa shape index (κ1) is 16.5. The van der Waals surface area contributed by atoms with Gasteiger partial charge in [-0.05, 0) is 62.2 Å². The topological polar surface area (TPSA) is 15.3 Å². The Morgan fingerprint density at radius 1 is 1.38 bits per heavy atom. The molecule has 0 aliphatic carbocycles. The first-order valence-electron chi connectivity index (χ1n) is 7.22. The van der Waals surface area contributed by atoms with E-state index in [9.17, 15) is 8.78 Å². The third-order valence-corrected chi connectivity index (χ3v) is 4.75. The van der Waals surface area contributed by atoms with Crippen LogP contribution in [0.5, 0.6) is 0 Å². The van der Waals surface area contributed by atoms with E-state index in [0.29, 0.717) is 22.7 Å². The highest BCUT2D eigenvalue weighted by atomic mass is 32.2. The van der Waals surface area contributed by atoms with Crippen LogP contribution < -0.4 is 5.32 Å². The van der Waals surface area contributed by atoms with Crippen molar-refractivity contribution < 1.29 is 8.78 Å². The normalized spacial score (nSPS) is 18.9. The summed E-state index contributed by atoms with van der Waals surface area (Å²) in [6.07, 6.45) is 4.70. The largest absolute Gasteiger partial charge is 0.346 e. The zero-order chi connectivity index (χ0) is 15.2. The molecule has 1 saturated heterocycles. The number of thioether (sulfide) groups is 1. The molecule has 0 radical (unpaired) electrons. The number of anilines is 1. The molecule has 2 nitrogen and oxygen atoms in total. The van der Waals surface area contributed by atoms with E-state index >= 15 is 0 Å². The summed E-state index contributed by atoms with van der Waals surface area (Å²) in [5.41, 5.74) is 0.846. The average molecular weight is 330 g/mol. The van der Waals surface area contributed by atoms with E-state index in [-0.39, 0.29) is 0 Å². The summed E-state index contributed by atoms with van der Waals surface area (Å²) in [5, 5.41) is 3.95. The number of likely N-dealkylation sites (tertiary alicyclic amines) is 1. The summed E-state index contributed by atoms with van der Waals surface area (Å²) < 4.78 is 24.6. The van der Waals surface area contributed by atoms with Gasteiger partial charge in [0.05, 0.1) is 0 Å². The van der Waals surface area contributed by atoms with Crippen LogP contribution in [0.25, 0.3) is 0 Å². The lowest BCUT2D eigenvalue weighted by molar-refractivity contribution is 0.239. The van der Waals surface area contributed by atoms with Crippen molar-refractivity contribution in [2.75, 3.05) is 11.9 Å². The number of nitrogens with one attached hydrogen (secondary N) is 1. The van der Waals surface area contributed by atoms with Gasteiger partial charge in [-0.3, -0.25) is 0 Å². The van der Waals surface area contributed by atoms with Gasteiger partial charge in [-0.15, -0.1) is 0 Å². The van der Waals surface area contributed by atoms with Crippen LogP contribution in [0.4, 0.5) is 14.5 Å². The first-order valence-corrected chi connectivity index (χ1v) is 8.51. The standard InChI is InChI=1S/C15H20F2N2S2/c1-2-12-5-3-4-10-19(12)15(20)18-11-6-8-13(9-7-11)21-14(16)17/h6-9,12,14H,2-5,10H2,1H3,(H,18,20)/t12-/m0/s1. The molecule has 0 saturated carbocycles. The van der Waals surface area contributed by atoms with Gasteiger partial charge in [0.2, 0.25) is 0 Å². The summed E-state index contributed by atoms with van der Waals surface area (Å²) >= 11 is 6.05. The molecule has 0 aromatic heterocycles. The number of nitrogens with zero attached hydrogens (tertiary/aromatic N) is 1. The number of thiocarbonyl (C=S) groups is 1. The highest BCUT2D eigenvalue weighted by Crippen LogP contribution is 2.26. The number of hydrogen-bond donors (Lipinski definition) is 1. The van der Waals surface area contributed by atoms with E-state index in [2.05, 4.69) is 17.1 Å². The molecule has 0 bridgehead atoms. The third-order valence-electron chi connectivity index (χ3n) is 3.69. The molecule has 0 spiro atoms. The number of piperidine rings is 1. The molecule has 2 rings (SSSR count). The number of rotatable bonds is 4. The Kier molecular flexibility index (Phi) is 6.23. The van der Waals surface area contributed by atoms with Gasteiger partial charge in [-0.25, -0.2) is 0 Å². The van der Waals surface area contributed by atoms with E-state index in [1.807, 2.05) is 0 Å². The van der Waals surface area contributed by atoms with E-state index in [1.165, 1.54) is 19.3 Å². The minimum atomic E-state index is -2.39. The van der Waals surface area contributed by atoms with E-state index in [0.717, 1.165) is 23.8 Å². The van der Waals surface area contributed by atoms with Crippen molar-refractivity contribution in [3.8, 4) is 0 Å². The molecule has 1 heterocycles. The SMILES string of the molecule is CC[C@H]1CCCCN1C(=S)Nc1ccc(SC(F)F)cc1. The van der Waals surface area contributed by atoms with Gasteiger partial charge in [0.15, 0.2) is 5.11 Å². The second-order valence-corrected chi connectivity index (χ2v) is 6.53. The molecule has 1 atom stereocenters. The number of alkyl halides is 2. The number of halogens is 2. The van der Waals surface area contributed by atoms with Gasteiger partial charge in [0.25, 0.3) is 5.76 Å². The van der Waals surface area contributed by atoms with E-state index in [1.54, 1.807) is 24.3 Å². The lowest BCUT2D eigenvalue weighted by atomic mass is 10.0. The maximum Gasteiger partial charge on any atom is 0.288 e. The van der Waals surface area contributed by atoms with Crippen molar-refractivity contribution >= 4 is 34.8 Å². The molecular weight excluding hydrogens is 310 g/mol. The second kappa shape index (κ2) is 7.94. The van der Waals surface area contributed by atoms with Crippen LogP contribution in [0.1, 0.15) is 32.6 Å². The lowest BCUT2D eigenvalue weighted by Gasteiger charge is -2.37. The molecule has 1 aliphatic heterocycles. The molecule has 1 aromatic carbocycles. The molecule has 21 heavy (non-hydrogen) atoms. The van der Waals surface area contributed by atoms with Crippen molar-refractivity contribution in [2.45, 2.75) is 49.3 Å². The summed E-state index contributed by atoms with van der Waals surface area (Å²) in [4.78, 5) is 2.81. The summed E-state index contributed by atoms with van der Waals surface area (Å²) in [5.74, 6) is -2.39. The van der Waals surface area contributed by atoms with E-state index < -0.39 is 5.76 Å². The minimum absolute atomic E-state index is 0.507. The van der Waals surface area contributed by atoms with Gasteiger partial charge in [0, 0.05) is 23.2 Å². The molecule has 6 heteroatoms. The van der Waals surface area contributed by atoms with Crippen LogP contribution in [0.2, 0.25) is 0 Å². The summed E-state index contributed by atoms with van der Waals surface area (Å²) in [6.45, 7) is 3.17. The van der Waals surface area contributed by atoms with E-state index in [4.69, 9.17) is 12.2 Å². The Hall–Kier alpha value is -0.880. The lowest BCUT2D eigenvalue weighted by Crippen LogP contribution is -2.45. The predicted octanol–water partition coefficient (Wildman–Crippen LogP) is 4.96. The smallest absolute Gasteiger partial charge is 0.288 e. The fourth-order valence-electron chi connectivity index (χ4n) is 2.61. The molecule has 1 fully saturated rings. The van der Waals surface area contributed by atoms with Crippen LogP contribution in [0, 0.1) is 0 Å². The van der Waals surface area contributed by atoms with Gasteiger partial charge in [0.1, 0.15) is 0 Å². The summed E-state index contributed by atoms with van der Waals surface area (Å²) in [7, 11) is 0. The Morgan fingerprint density at radius 2 is 2.10 bits per heavy atom. The molecular formula is C15H20F2N2S2. The van der Waals surface area contributed by atoms with Crippen molar-refractivity contribution in [3.63, 3.8) is 0 Å². The monoisotopic (exact) mass is 330 g/mol. The number of hydrogen-bond acceptors (Lipinski definition) is 2. The molecule has 1 N–H and O–H groups in total. The van der Waals surface area contributed by atoms with Gasteiger partial charge < -0.3 is 10.2 Å². The second-order valence-electron chi connectivity index (χ2n) is 5.08. The average Bonchev–Trinajstić information content (AvgIpc) is 2.48. The minimum Gasteiger partial charge on any atom is -0.346 e. The van der Waals surface area contributed by atoms with Crippen molar-refractivity contribution in [2.24, 2.45) is 0 Å². The summed E-state index contributed by atoms with van der Waals surface area (Å²) in [6, 6.07) is 7.47. The number of benzene rings is 1. The Labute approximate surface area is 134 Å². The molecule has 0 amide bonds. The maximum absolute atomic E-state index is 12.3. The van der Waals surface area contributed by atoms with Crippen LogP contribution in [0.3, 0.4) is 0 Å². The molecule has 0 unspecified atom stereocenters.